The molecule has 0 saturated heterocycles. The van der Waals surface area contributed by atoms with E-state index in [1.807, 2.05) is 0 Å². The molecule has 4 heteroatoms. The lowest BCUT2D eigenvalue weighted by molar-refractivity contribution is 0.245. The van der Waals surface area contributed by atoms with E-state index in [0.29, 0.717) is 10.6 Å². The first-order chi connectivity index (χ1) is 5.61. The number of nitrogens with two attached hydrogens (primary N) is 1. The van der Waals surface area contributed by atoms with Gasteiger partial charge in [-0.25, -0.2) is 0 Å². The van der Waals surface area contributed by atoms with Crippen molar-refractivity contribution in [3.05, 3.63) is 34.9 Å². The molecule has 0 aromatic heterocycles. The molecule has 0 saturated carbocycles. The zero-order valence-electron chi connectivity index (χ0n) is 6.29. The van der Waals surface area contributed by atoms with Crippen LogP contribution < -0.4 is 5.73 Å². The molecule has 0 bridgehead atoms. The van der Waals surface area contributed by atoms with Gasteiger partial charge in [0.05, 0.1) is 0 Å². The summed E-state index contributed by atoms with van der Waals surface area (Å²) in [6, 6.07) is 6.55. The fourth-order valence-corrected chi connectivity index (χ4v) is 0.951. The molecule has 1 unspecified atom stereocenters. The number of rotatable bonds is 2. The number of hydrogen-bond acceptors (Lipinski definition) is 2. The van der Waals surface area contributed by atoms with E-state index in [1.165, 1.54) is 0 Å². The molecule has 1 aromatic carbocycles. The fourth-order valence-electron chi connectivity index (χ4n) is 0.825. The maximum atomic E-state index is 9.30. The largest absolute Gasteiger partial charge is 0.385 e. The van der Waals surface area contributed by atoms with Crippen molar-refractivity contribution < 1.29 is 5.11 Å². The molecule has 1 atom stereocenters. The summed E-state index contributed by atoms with van der Waals surface area (Å²) >= 11 is 5.63. The normalized spacial score (nSPS) is 12.5. The van der Waals surface area contributed by atoms with Gasteiger partial charge in [-0.05, 0) is 17.7 Å². The predicted molar refractivity (Wildman–Crippen MR) is 48.3 cm³/mol. The summed E-state index contributed by atoms with van der Waals surface area (Å²) in [6.45, 7) is 0. The van der Waals surface area contributed by atoms with Crippen LogP contribution in [-0.4, -0.2) is 10.9 Å². The Balaban J connectivity index is 2.89. The van der Waals surface area contributed by atoms with Gasteiger partial charge in [-0.3, -0.25) is 5.41 Å². The van der Waals surface area contributed by atoms with Crippen molar-refractivity contribution in [3.8, 4) is 0 Å². The monoisotopic (exact) mass is 184 g/mol. The van der Waals surface area contributed by atoms with Gasteiger partial charge in [0.2, 0.25) is 0 Å². The van der Waals surface area contributed by atoms with Crippen molar-refractivity contribution in [1.29, 1.82) is 5.41 Å². The Morgan fingerprint density at radius 3 is 2.33 bits per heavy atom. The Hall–Kier alpha value is -1.06. The smallest absolute Gasteiger partial charge is 0.135 e. The Kier molecular flexibility index (Phi) is 2.68. The molecular weight excluding hydrogens is 176 g/mol. The summed E-state index contributed by atoms with van der Waals surface area (Å²) in [6.07, 6.45) is -1.03. The quantitative estimate of drug-likeness (QED) is 0.479. The molecule has 0 radical (unpaired) electrons. The number of amidine groups is 1. The second-order valence-electron chi connectivity index (χ2n) is 2.41. The highest BCUT2D eigenvalue weighted by Gasteiger charge is 2.09. The van der Waals surface area contributed by atoms with Crippen molar-refractivity contribution in [3.63, 3.8) is 0 Å². The second kappa shape index (κ2) is 3.56. The van der Waals surface area contributed by atoms with Crippen LogP contribution in [0.1, 0.15) is 11.7 Å². The minimum absolute atomic E-state index is 0.266. The number of hydrogen-bond donors (Lipinski definition) is 3. The van der Waals surface area contributed by atoms with Gasteiger partial charge in [0, 0.05) is 5.02 Å². The molecular formula is C8H9ClN2O. The molecule has 3 nitrogen and oxygen atoms in total. The number of benzene rings is 1. The third kappa shape index (κ3) is 1.96. The Bertz CT molecular complexity index is 284. The molecule has 0 aliphatic heterocycles. The first-order valence-corrected chi connectivity index (χ1v) is 3.76. The fraction of sp³-hybridized carbons (Fsp3) is 0.125. The van der Waals surface area contributed by atoms with Gasteiger partial charge < -0.3 is 10.8 Å². The van der Waals surface area contributed by atoms with E-state index in [1.54, 1.807) is 24.3 Å². The molecule has 0 fully saturated rings. The lowest BCUT2D eigenvalue weighted by Gasteiger charge is -2.07. The summed E-state index contributed by atoms with van der Waals surface area (Å²) in [5, 5.41) is 16.9. The molecule has 64 valence electrons. The van der Waals surface area contributed by atoms with Crippen LogP contribution in [0, 0.1) is 5.41 Å². The number of aliphatic hydroxyl groups excluding tert-OH is 1. The summed E-state index contributed by atoms with van der Waals surface area (Å²) in [5.74, 6) is -0.266. The Morgan fingerprint density at radius 1 is 1.42 bits per heavy atom. The van der Waals surface area contributed by atoms with E-state index in [2.05, 4.69) is 0 Å². The van der Waals surface area contributed by atoms with Crippen LogP contribution in [-0.2, 0) is 0 Å². The Morgan fingerprint density at radius 2 is 1.92 bits per heavy atom. The van der Waals surface area contributed by atoms with Crippen LogP contribution in [0.15, 0.2) is 24.3 Å². The number of halogens is 1. The van der Waals surface area contributed by atoms with Crippen molar-refractivity contribution in [1.82, 2.24) is 0 Å². The van der Waals surface area contributed by atoms with Gasteiger partial charge in [-0.15, -0.1) is 0 Å². The lowest BCUT2D eigenvalue weighted by atomic mass is 10.1. The van der Waals surface area contributed by atoms with E-state index >= 15 is 0 Å². The highest BCUT2D eigenvalue weighted by Crippen LogP contribution is 2.15. The summed E-state index contributed by atoms with van der Waals surface area (Å²) in [7, 11) is 0. The number of aliphatic hydroxyl groups is 1. The van der Waals surface area contributed by atoms with Crippen molar-refractivity contribution in [2.24, 2.45) is 5.73 Å². The highest BCUT2D eigenvalue weighted by molar-refractivity contribution is 6.30. The zero-order chi connectivity index (χ0) is 9.14. The van der Waals surface area contributed by atoms with Gasteiger partial charge in [0.1, 0.15) is 11.9 Å². The lowest BCUT2D eigenvalue weighted by Crippen LogP contribution is -2.19. The third-order valence-corrected chi connectivity index (χ3v) is 1.73. The minimum atomic E-state index is -1.03. The minimum Gasteiger partial charge on any atom is -0.385 e. The molecule has 0 aliphatic carbocycles. The van der Waals surface area contributed by atoms with E-state index < -0.39 is 6.10 Å². The first-order valence-electron chi connectivity index (χ1n) is 3.38. The highest BCUT2D eigenvalue weighted by atomic mass is 35.5. The van der Waals surface area contributed by atoms with Gasteiger partial charge in [0.25, 0.3) is 0 Å². The average molecular weight is 185 g/mol. The standard InChI is InChI=1S/C8H9ClN2O/c9-6-3-1-5(2-4-6)7(12)8(10)11/h1-4,7,12H,(H3,10,11). The van der Waals surface area contributed by atoms with Crippen LogP contribution in [0.5, 0.6) is 0 Å². The van der Waals surface area contributed by atoms with E-state index in [0.717, 1.165) is 0 Å². The molecule has 0 aliphatic rings. The van der Waals surface area contributed by atoms with Gasteiger partial charge >= 0.3 is 0 Å². The van der Waals surface area contributed by atoms with E-state index in [4.69, 9.17) is 22.7 Å². The molecule has 0 spiro atoms. The van der Waals surface area contributed by atoms with Crippen LogP contribution in [0.2, 0.25) is 5.02 Å². The predicted octanol–water partition coefficient (Wildman–Crippen LogP) is 1.31. The summed E-state index contributed by atoms with van der Waals surface area (Å²) < 4.78 is 0. The molecule has 0 heterocycles. The molecule has 1 rings (SSSR count). The zero-order valence-corrected chi connectivity index (χ0v) is 7.05. The molecule has 4 N–H and O–H groups in total. The average Bonchev–Trinajstić information content (AvgIpc) is 2.04. The summed E-state index contributed by atoms with van der Waals surface area (Å²) in [4.78, 5) is 0. The van der Waals surface area contributed by atoms with Crippen LogP contribution in [0.3, 0.4) is 0 Å². The van der Waals surface area contributed by atoms with E-state index in [9.17, 15) is 5.11 Å². The first kappa shape index (κ1) is 9.03. The van der Waals surface area contributed by atoms with Crippen LogP contribution in [0.4, 0.5) is 0 Å². The number of nitrogens with one attached hydrogen (secondary N) is 1. The molecule has 12 heavy (non-hydrogen) atoms. The van der Waals surface area contributed by atoms with Crippen molar-refractivity contribution in [2.45, 2.75) is 6.10 Å². The van der Waals surface area contributed by atoms with Crippen LogP contribution >= 0.6 is 11.6 Å². The SMILES string of the molecule is N=C(N)C(O)c1ccc(Cl)cc1. The maximum Gasteiger partial charge on any atom is 0.135 e. The van der Waals surface area contributed by atoms with Crippen LogP contribution in [0.25, 0.3) is 0 Å². The Labute approximate surface area is 75.3 Å². The third-order valence-electron chi connectivity index (χ3n) is 1.48. The van der Waals surface area contributed by atoms with Gasteiger partial charge in [-0.2, -0.15) is 0 Å². The van der Waals surface area contributed by atoms with Gasteiger partial charge in [-0.1, -0.05) is 23.7 Å². The van der Waals surface area contributed by atoms with E-state index in [-0.39, 0.29) is 5.84 Å². The van der Waals surface area contributed by atoms with Crippen molar-refractivity contribution >= 4 is 17.4 Å². The van der Waals surface area contributed by atoms with Crippen molar-refractivity contribution in [2.75, 3.05) is 0 Å². The summed E-state index contributed by atoms with van der Waals surface area (Å²) in [5.41, 5.74) is 5.68. The molecule has 1 aromatic rings. The maximum absolute atomic E-state index is 9.30. The second-order valence-corrected chi connectivity index (χ2v) is 2.85. The van der Waals surface area contributed by atoms with Gasteiger partial charge in [0.15, 0.2) is 0 Å². The molecule has 0 amide bonds. The topological polar surface area (TPSA) is 70.1 Å².